The molecule has 2 atom stereocenters. The molecule has 1 rings (SSSR count). The minimum absolute atomic E-state index is 0.0854. The first-order chi connectivity index (χ1) is 5.75. The van der Waals surface area contributed by atoms with Crippen molar-refractivity contribution in [3.8, 4) is 0 Å². The first kappa shape index (κ1) is 9.48. The summed E-state index contributed by atoms with van der Waals surface area (Å²) < 4.78 is 4.91. The number of nitrogens with two attached hydrogens (primary N) is 1. The maximum absolute atomic E-state index is 11.3. The fourth-order valence-electron chi connectivity index (χ4n) is 1.42. The second-order valence-electron chi connectivity index (χ2n) is 3.02. The lowest BCUT2D eigenvalue weighted by Crippen LogP contribution is -2.49. The third-order valence-corrected chi connectivity index (χ3v) is 2.12. The summed E-state index contributed by atoms with van der Waals surface area (Å²) in [6.07, 6.45) is 0.792. The number of carbonyl (C=O) groups excluding carboxylic acids is 1. The Balaban J connectivity index is 2.42. The molecule has 0 aromatic rings. The topological polar surface area (TPSA) is 64.3 Å². The van der Waals surface area contributed by atoms with Gasteiger partial charge in [-0.3, -0.25) is 4.79 Å². The third-order valence-electron chi connectivity index (χ3n) is 2.12. The van der Waals surface area contributed by atoms with E-state index in [1.54, 1.807) is 0 Å². The highest BCUT2D eigenvalue weighted by Gasteiger charge is 2.28. The van der Waals surface area contributed by atoms with E-state index >= 15 is 0 Å². The van der Waals surface area contributed by atoms with Crippen LogP contribution in [0, 0.1) is 5.92 Å². The Kier molecular flexibility index (Phi) is 3.49. The molecule has 4 heteroatoms. The second kappa shape index (κ2) is 4.42. The zero-order chi connectivity index (χ0) is 8.97. The van der Waals surface area contributed by atoms with Gasteiger partial charge >= 0.3 is 5.97 Å². The van der Waals surface area contributed by atoms with Crippen LogP contribution in [-0.2, 0) is 9.53 Å². The van der Waals surface area contributed by atoms with Gasteiger partial charge in [0.25, 0.3) is 0 Å². The lowest BCUT2D eigenvalue weighted by Gasteiger charge is -2.27. The van der Waals surface area contributed by atoms with Gasteiger partial charge in [0.15, 0.2) is 0 Å². The molecule has 0 aromatic heterocycles. The number of rotatable bonds is 2. The average molecular weight is 172 g/mol. The van der Waals surface area contributed by atoms with Crippen molar-refractivity contribution in [2.75, 3.05) is 19.7 Å². The molecule has 1 unspecified atom stereocenters. The molecular formula is C8H16N2O2. The van der Waals surface area contributed by atoms with Crippen molar-refractivity contribution in [1.29, 1.82) is 0 Å². The lowest BCUT2D eigenvalue weighted by molar-refractivity contribution is -0.149. The molecule has 0 amide bonds. The summed E-state index contributed by atoms with van der Waals surface area (Å²) in [6.45, 7) is 3.82. The Bertz CT molecular complexity index is 161. The number of hydrogen-bond donors (Lipinski definition) is 2. The van der Waals surface area contributed by atoms with E-state index in [1.165, 1.54) is 0 Å². The van der Waals surface area contributed by atoms with Crippen LogP contribution in [0.15, 0.2) is 0 Å². The molecule has 1 fully saturated rings. The summed E-state index contributed by atoms with van der Waals surface area (Å²) in [6, 6.07) is -0.0854. The van der Waals surface area contributed by atoms with E-state index in [2.05, 4.69) is 5.32 Å². The lowest BCUT2D eigenvalue weighted by atomic mass is 9.94. The Morgan fingerprint density at radius 1 is 1.75 bits per heavy atom. The zero-order valence-electron chi connectivity index (χ0n) is 7.38. The predicted octanol–water partition coefficient (Wildman–Crippen LogP) is -0.514. The summed E-state index contributed by atoms with van der Waals surface area (Å²) in [5.41, 5.74) is 5.75. The number of ether oxygens (including phenoxy) is 1. The molecule has 0 saturated carbocycles. The van der Waals surface area contributed by atoms with Crippen molar-refractivity contribution in [2.24, 2.45) is 11.7 Å². The molecule has 12 heavy (non-hydrogen) atoms. The SMILES string of the molecule is CCOC(=O)C1CCNC[C@H]1N. The van der Waals surface area contributed by atoms with E-state index < -0.39 is 0 Å². The predicted molar refractivity (Wildman–Crippen MR) is 45.6 cm³/mol. The van der Waals surface area contributed by atoms with Crippen molar-refractivity contribution in [3.05, 3.63) is 0 Å². The molecule has 1 heterocycles. The van der Waals surface area contributed by atoms with Crippen LogP contribution in [-0.4, -0.2) is 31.7 Å². The van der Waals surface area contributed by atoms with Gasteiger partial charge in [-0.05, 0) is 19.9 Å². The van der Waals surface area contributed by atoms with E-state index in [4.69, 9.17) is 10.5 Å². The summed E-state index contributed by atoms with van der Waals surface area (Å²) in [7, 11) is 0. The normalized spacial score (nSPS) is 29.8. The number of nitrogens with one attached hydrogen (secondary N) is 1. The van der Waals surface area contributed by atoms with Crippen molar-refractivity contribution in [3.63, 3.8) is 0 Å². The molecule has 70 valence electrons. The Morgan fingerprint density at radius 3 is 3.08 bits per heavy atom. The number of esters is 1. The van der Waals surface area contributed by atoms with Crippen LogP contribution in [0.4, 0.5) is 0 Å². The third kappa shape index (κ3) is 2.19. The van der Waals surface area contributed by atoms with Gasteiger partial charge in [-0.1, -0.05) is 0 Å². The zero-order valence-corrected chi connectivity index (χ0v) is 7.38. The maximum atomic E-state index is 11.3. The summed E-state index contributed by atoms with van der Waals surface area (Å²) in [5, 5.41) is 3.13. The Labute approximate surface area is 72.5 Å². The molecule has 4 nitrogen and oxygen atoms in total. The molecule has 1 aliphatic rings. The smallest absolute Gasteiger partial charge is 0.310 e. The first-order valence-corrected chi connectivity index (χ1v) is 4.38. The van der Waals surface area contributed by atoms with Crippen LogP contribution < -0.4 is 11.1 Å². The van der Waals surface area contributed by atoms with Crippen molar-refractivity contribution < 1.29 is 9.53 Å². The number of carbonyl (C=O) groups is 1. The minimum atomic E-state index is -0.147. The molecule has 0 radical (unpaired) electrons. The fraction of sp³-hybridized carbons (Fsp3) is 0.875. The standard InChI is InChI=1S/C8H16N2O2/c1-2-12-8(11)6-3-4-10-5-7(6)9/h6-7,10H,2-5,9H2,1H3/t6?,7-/m1/s1. The summed E-state index contributed by atoms with van der Waals surface area (Å²) in [5.74, 6) is -0.252. The van der Waals surface area contributed by atoms with Crippen LogP contribution >= 0.6 is 0 Å². The van der Waals surface area contributed by atoms with Crippen LogP contribution in [0.5, 0.6) is 0 Å². The Morgan fingerprint density at radius 2 is 2.50 bits per heavy atom. The Hall–Kier alpha value is -0.610. The van der Waals surface area contributed by atoms with Crippen molar-refractivity contribution in [1.82, 2.24) is 5.32 Å². The molecule has 0 spiro atoms. The molecular weight excluding hydrogens is 156 g/mol. The fourth-order valence-corrected chi connectivity index (χ4v) is 1.42. The van der Waals surface area contributed by atoms with E-state index in [-0.39, 0.29) is 17.9 Å². The van der Waals surface area contributed by atoms with Gasteiger partial charge in [-0.25, -0.2) is 0 Å². The molecule has 1 saturated heterocycles. The van der Waals surface area contributed by atoms with Gasteiger partial charge in [-0.2, -0.15) is 0 Å². The van der Waals surface area contributed by atoms with Crippen LogP contribution in [0.2, 0.25) is 0 Å². The molecule has 0 aliphatic carbocycles. The van der Waals surface area contributed by atoms with Crippen molar-refractivity contribution in [2.45, 2.75) is 19.4 Å². The number of hydrogen-bond acceptors (Lipinski definition) is 4. The van der Waals surface area contributed by atoms with E-state index in [0.717, 1.165) is 13.0 Å². The van der Waals surface area contributed by atoms with Crippen LogP contribution in [0.1, 0.15) is 13.3 Å². The minimum Gasteiger partial charge on any atom is -0.466 e. The molecule has 3 N–H and O–H groups in total. The van der Waals surface area contributed by atoms with Gasteiger partial charge in [-0.15, -0.1) is 0 Å². The summed E-state index contributed by atoms with van der Waals surface area (Å²) >= 11 is 0. The highest BCUT2D eigenvalue weighted by molar-refractivity contribution is 5.73. The van der Waals surface area contributed by atoms with Gasteiger partial charge in [0, 0.05) is 12.6 Å². The molecule has 0 aromatic carbocycles. The number of piperidine rings is 1. The molecule has 0 bridgehead atoms. The first-order valence-electron chi connectivity index (χ1n) is 4.38. The quantitative estimate of drug-likeness (QED) is 0.550. The maximum Gasteiger partial charge on any atom is 0.310 e. The average Bonchev–Trinajstić information content (AvgIpc) is 2.05. The van der Waals surface area contributed by atoms with E-state index in [1.807, 2.05) is 6.92 Å². The monoisotopic (exact) mass is 172 g/mol. The van der Waals surface area contributed by atoms with E-state index in [9.17, 15) is 4.79 Å². The largest absolute Gasteiger partial charge is 0.466 e. The summed E-state index contributed by atoms with van der Waals surface area (Å²) in [4.78, 5) is 11.3. The highest BCUT2D eigenvalue weighted by atomic mass is 16.5. The van der Waals surface area contributed by atoms with Gasteiger partial charge in [0.05, 0.1) is 12.5 Å². The van der Waals surface area contributed by atoms with Crippen LogP contribution in [0.25, 0.3) is 0 Å². The van der Waals surface area contributed by atoms with Crippen molar-refractivity contribution >= 4 is 5.97 Å². The van der Waals surface area contributed by atoms with E-state index in [0.29, 0.717) is 13.2 Å². The van der Waals surface area contributed by atoms with Gasteiger partial charge < -0.3 is 15.8 Å². The van der Waals surface area contributed by atoms with Gasteiger partial charge in [0.1, 0.15) is 0 Å². The second-order valence-corrected chi connectivity index (χ2v) is 3.02. The highest BCUT2D eigenvalue weighted by Crippen LogP contribution is 2.12. The molecule has 1 aliphatic heterocycles. The van der Waals surface area contributed by atoms with Gasteiger partial charge in [0.2, 0.25) is 0 Å². The van der Waals surface area contributed by atoms with Crippen LogP contribution in [0.3, 0.4) is 0 Å².